The first-order chi connectivity index (χ1) is 6.01. The molecular formula is C9H17Cl3P+. The molecule has 0 atom stereocenters. The minimum atomic E-state index is -2.10. The van der Waals surface area contributed by atoms with Gasteiger partial charge in [-0.15, -0.1) is 0 Å². The summed E-state index contributed by atoms with van der Waals surface area (Å²) in [7, 11) is 0. The molecule has 0 N–H and O–H groups in total. The molecule has 1 saturated carbocycles. The summed E-state index contributed by atoms with van der Waals surface area (Å²) in [6, 6.07) is 0. The largest absolute Gasteiger partial charge is 0.308 e. The molecule has 1 fully saturated rings. The van der Waals surface area contributed by atoms with Crippen LogP contribution in [0.25, 0.3) is 0 Å². The maximum atomic E-state index is 5.88. The van der Waals surface area contributed by atoms with Crippen molar-refractivity contribution >= 4 is 39.0 Å². The monoisotopic (exact) mass is 261 g/mol. The van der Waals surface area contributed by atoms with E-state index in [1.807, 2.05) is 0 Å². The zero-order chi connectivity index (χ0) is 9.90. The van der Waals surface area contributed by atoms with Crippen molar-refractivity contribution in [1.82, 2.24) is 0 Å². The van der Waals surface area contributed by atoms with Crippen LogP contribution in [0.4, 0.5) is 0 Å². The van der Waals surface area contributed by atoms with Crippen molar-refractivity contribution in [2.45, 2.75) is 39.0 Å². The summed E-state index contributed by atoms with van der Waals surface area (Å²) >= 11 is 17.6. The quantitative estimate of drug-likeness (QED) is 0.574. The molecule has 0 heterocycles. The second kappa shape index (κ2) is 5.40. The van der Waals surface area contributed by atoms with Crippen LogP contribution in [0.15, 0.2) is 0 Å². The Bertz CT molecular complexity index is 147. The van der Waals surface area contributed by atoms with E-state index < -0.39 is 5.32 Å². The van der Waals surface area contributed by atoms with Gasteiger partial charge >= 0.3 is 5.32 Å². The molecular weight excluding hydrogens is 245 g/mol. The lowest BCUT2D eigenvalue weighted by Crippen LogP contribution is -2.16. The minimum absolute atomic E-state index is 0.684. The molecule has 78 valence electrons. The molecule has 0 bridgehead atoms. The predicted molar refractivity (Wildman–Crippen MR) is 65.1 cm³/mol. The van der Waals surface area contributed by atoms with Crippen LogP contribution in [-0.4, -0.2) is 6.16 Å². The zero-order valence-electron chi connectivity index (χ0n) is 7.98. The Hall–Kier alpha value is 1.30. The van der Waals surface area contributed by atoms with Crippen LogP contribution in [0.3, 0.4) is 0 Å². The topological polar surface area (TPSA) is 0 Å². The van der Waals surface area contributed by atoms with Crippen LogP contribution in [0.2, 0.25) is 0 Å². The lowest BCUT2D eigenvalue weighted by atomic mass is 9.82. The van der Waals surface area contributed by atoms with E-state index in [0.717, 1.165) is 12.1 Å². The van der Waals surface area contributed by atoms with Crippen molar-refractivity contribution in [2.75, 3.05) is 6.16 Å². The molecule has 0 aromatic carbocycles. The van der Waals surface area contributed by atoms with Crippen molar-refractivity contribution < 1.29 is 0 Å². The highest BCUT2D eigenvalue weighted by molar-refractivity contribution is 8.32. The van der Waals surface area contributed by atoms with E-state index in [4.69, 9.17) is 33.7 Å². The average molecular weight is 263 g/mol. The summed E-state index contributed by atoms with van der Waals surface area (Å²) in [6.07, 6.45) is 7.38. The molecule has 0 saturated heterocycles. The lowest BCUT2D eigenvalue weighted by Gasteiger charge is -2.26. The first kappa shape index (κ1) is 12.4. The van der Waals surface area contributed by atoms with Crippen LogP contribution < -0.4 is 0 Å². The van der Waals surface area contributed by atoms with Gasteiger partial charge in [0.05, 0.1) is 0 Å². The maximum absolute atomic E-state index is 5.88. The van der Waals surface area contributed by atoms with E-state index in [1.165, 1.54) is 32.1 Å². The third-order valence-electron chi connectivity index (χ3n) is 3.01. The number of hydrogen-bond acceptors (Lipinski definition) is 0. The van der Waals surface area contributed by atoms with Gasteiger partial charge in [-0.1, -0.05) is 26.2 Å². The smallest absolute Gasteiger partial charge is 0.0651 e. The predicted octanol–water partition coefficient (Wildman–Crippen LogP) is 5.68. The molecule has 0 nitrogen and oxygen atoms in total. The van der Waals surface area contributed by atoms with Crippen molar-refractivity contribution in [3.8, 4) is 0 Å². The van der Waals surface area contributed by atoms with E-state index >= 15 is 0 Å². The Morgan fingerprint density at radius 2 is 1.46 bits per heavy atom. The minimum Gasteiger partial charge on any atom is -0.0651 e. The van der Waals surface area contributed by atoms with Crippen LogP contribution in [-0.2, 0) is 0 Å². The highest BCUT2D eigenvalue weighted by atomic mass is 36.1. The van der Waals surface area contributed by atoms with Crippen LogP contribution in [0.1, 0.15) is 39.0 Å². The van der Waals surface area contributed by atoms with Gasteiger partial charge in [0, 0.05) is 0 Å². The highest BCUT2D eigenvalue weighted by Gasteiger charge is 2.37. The first-order valence-electron chi connectivity index (χ1n) is 4.98. The van der Waals surface area contributed by atoms with Gasteiger partial charge in [-0.3, -0.25) is 0 Å². The van der Waals surface area contributed by atoms with Gasteiger partial charge in [0.2, 0.25) is 0 Å². The first-order valence-corrected chi connectivity index (χ1v) is 9.67. The fourth-order valence-corrected chi connectivity index (χ4v) is 4.82. The van der Waals surface area contributed by atoms with Gasteiger partial charge < -0.3 is 0 Å². The Kier molecular flexibility index (Phi) is 5.14. The third-order valence-corrected chi connectivity index (χ3v) is 5.18. The Labute approximate surface area is 96.0 Å². The van der Waals surface area contributed by atoms with Crippen molar-refractivity contribution in [1.29, 1.82) is 0 Å². The molecule has 0 amide bonds. The fraction of sp³-hybridized carbons (Fsp3) is 1.00. The molecule has 0 aliphatic heterocycles. The summed E-state index contributed by atoms with van der Waals surface area (Å²) in [5.41, 5.74) is 0. The Balaban J connectivity index is 2.25. The lowest BCUT2D eigenvalue weighted by molar-refractivity contribution is 0.287. The summed E-state index contributed by atoms with van der Waals surface area (Å²) in [6.45, 7) is 2.27. The second-order valence-electron chi connectivity index (χ2n) is 4.03. The number of halogens is 3. The second-order valence-corrected chi connectivity index (χ2v) is 12.2. The summed E-state index contributed by atoms with van der Waals surface area (Å²) in [5.74, 6) is 1.62. The van der Waals surface area contributed by atoms with E-state index in [9.17, 15) is 0 Å². The molecule has 0 aromatic rings. The number of rotatable bonds is 3. The van der Waals surface area contributed by atoms with Gasteiger partial charge in [-0.25, -0.2) is 0 Å². The summed E-state index contributed by atoms with van der Waals surface area (Å²) in [4.78, 5) is 0. The molecule has 1 aliphatic carbocycles. The Morgan fingerprint density at radius 1 is 1.00 bits per heavy atom. The van der Waals surface area contributed by atoms with Crippen LogP contribution >= 0.6 is 39.0 Å². The molecule has 13 heavy (non-hydrogen) atoms. The van der Waals surface area contributed by atoms with Gasteiger partial charge in [0.1, 0.15) is 39.9 Å². The molecule has 0 spiro atoms. The normalized spacial score (nSPS) is 30.5. The highest BCUT2D eigenvalue weighted by Crippen LogP contribution is 2.75. The van der Waals surface area contributed by atoms with Gasteiger partial charge in [0.15, 0.2) is 0 Å². The maximum Gasteiger partial charge on any atom is 0.308 e. The summed E-state index contributed by atoms with van der Waals surface area (Å²) < 4.78 is 0. The fourth-order valence-electron chi connectivity index (χ4n) is 2.12. The van der Waals surface area contributed by atoms with Crippen molar-refractivity contribution in [2.24, 2.45) is 11.8 Å². The van der Waals surface area contributed by atoms with Gasteiger partial charge in [0.25, 0.3) is 0 Å². The van der Waals surface area contributed by atoms with Crippen molar-refractivity contribution in [3.63, 3.8) is 0 Å². The molecule has 0 unspecified atom stereocenters. The van der Waals surface area contributed by atoms with Gasteiger partial charge in [-0.05, 0) is 24.7 Å². The average Bonchev–Trinajstić information content (AvgIpc) is 2.03. The Morgan fingerprint density at radius 3 is 1.85 bits per heavy atom. The zero-order valence-corrected chi connectivity index (χ0v) is 11.1. The third kappa shape index (κ3) is 5.07. The van der Waals surface area contributed by atoms with Crippen LogP contribution in [0.5, 0.6) is 0 Å². The van der Waals surface area contributed by atoms with E-state index in [0.29, 0.717) is 5.92 Å². The molecule has 0 radical (unpaired) electrons. The van der Waals surface area contributed by atoms with Crippen LogP contribution in [0, 0.1) is 11.8 Å². The molecule has 0 aromatic heterocycles. The summed E-state index contributed by atoms with van der Waals surface area (Å²) in [5, 5.41) is -2.10. The van der Waals surface area contributed by atoms with E-state index in [-0.39, 0.29) is 0 Å². The van der Waals surface area contributed by atoms with E-state index in [1.54, 1.807) is 0 Å². The number of hydrogen-bond donors (Lipinski definition) is 0. The molecule has 4 heteroatoms. The van der Waals surface area contributed by atoms with Crippen molar-refractivity contribution in [3.05, 3.63) is 0 Å². The van der Waals surface area contributed by atoms with E-state index in [2.05, 4.69) is 6.92 Å². The SMILES string of the molecule is CCC1CCC(C[P+](Cl)(Cl)Cl)CC1. The molecule has 1 rings (SSSR count). The standard InChI is InChI=1S/C9H17Cl3P/c1-2-8-3-5-9(6-4-8)7-13(10,11)12/h8-9H,2-7H2,1H3/q+1. The molecule has 1 aliphatic rings. The van der Waals surface area contributed by atoms with Gasteiger partial charge in [-0.2, -0.15) is 0 Å².